The summed E-state index contributed by atoms with van der Waals surface area (Å²) in [4.78, 5) is 0. The van der Waals surface area contributed by atoms with Crippen molar-refractivity contribution < 1.29 is 9.13 Å². The van der Waals surface area contributed by atoms with Crippen LogP contribution < -0.4 is 10.1 Å². The van der Waals surface area contributed by atoms with Gasteiger partial charge in [0.05, 0.1) is 0 Å². The molecule has 110 valence electrons. The van der Waals surface area contributed by atoms with Crippen molar-refractivity contribution in [3.8, 4) is 5.75 Å². The monoisotopic (exact) mass is 285 g/mol. The normalized spacial score (nSPS) is 17.4. The van der Waals surface area contributed by atoms with Crippen molar-refractivity contribution in [1.82, 2.24) is 5.32 Å². The number of hydrogen-bond acceptors (Lipinski definition) is 2. The molecular weight excluding hydrogens is 265 g/mol. The zero-order valence-electron chi connectivity index (χ0n) is 12.0. The van der Waals surface area contributed by atoms with Crippen molar-refractivity contribution in [2.45, 2.75) is 18.9 Å². The number of nitrogens with one attached hydrogen (secondary N) is 1. The van der Waals surface area contributed by atoms with E-state index in [2.05, 4.69) is 17.4 Å². The van der Waals surface area contributed by atoms with E-state index < -0.39 is 0 Å². The summed E-state index contributed by atoms with van der Waals surface area (Å²) in [5, 5.41) is 3.39. The summed E-state index contributed by atoms with van der Waals surface area (Å²) < 4.78 is 19.2. The molecule has 1 atom stereocenters. The van der Waals surface area contributed by atoms with Gasteiger partial charge in [0.1, 0.15) is 17.7 Å². The lowest BCUT2D eigenvalue weighted by atomic mass is 9.88. The third-order valence-electron chi connectivity index (χ3n) is 4.02. The molecule has 0 saturated carbocycles. The molecule has 0 aromatic heterocycles. The first kappa shape index (κ1) is 14.1. The van der Waals surface area contributed by atoms with Crippen LogP contribution >= 0.6 is 0 Å². The van der Waals surface area contributed by atoms with Crippen LogP contribution in [0.3, 0.4) is 0 Å². The summed E-state index contributed by atoms with van der Waals surface area (Å²) in [5.41, 5.74) is 1.19. The molecule has 0 bridgehead atoms. The Morgan fingerprint density at radius 2 is 1.62 bits per heavy atom. The molecular formula is C18H20FNO. The standard InChI is InChI=1S/C18H20FNO/c19-16-6-8-17(9-7-16)21-18(14-4-2-1-3-5-14)15-10-12-20-13-11-15/h1-9,15,18,20H,10-13H2/t18-/m1/s1. The summed E-state index contributed by atoms with van der Waals surface area (Å²) in [6.07, 6.45) is 2.22. The highest BCUT2D eigenvalue weighted by Crippen LogP contribution is 2.33. The van der Waals surface area contributed by atoms with Crippen LogP contribution in [0.4, 0.5) is 4.39 Å². The average molecular weight is 285 g/mol. The Labute approximate surface area is 125 Å². The third kappa shape index (κ3) is 3.61. The smallest absolute Gasteiger partial charge is 0.127 e. The maximum absolute atomic E-state index is 13.0. The molecule has 2 nitrogen and oxygen atoms in total. The van der Waals surface area contributed by atoms with Gasteiger partial charge in [0.25, 0.3) is 0 Å². The highest BCUT2D eigenvalue weighted by Gasteiger charge is 2.26. The summed E-state index contributed by atoms with van der Waals surface area (Å²) in [7, 11) is 0. The molecule has 0 amide bonds. The van der Waals surface area contributed by atoms with Crippen LogP contribution in [0.5, 0.6) is 5.75 Å². The van der Waals surface area contributed by atoms with Crippen molar-refractivity contribution in [2.24, 2.45) is 5.92 Å². The fourth-order valence-electron chi connectivity index (χ4n) is 2.89. The van der Waals surface area contributed by atoms with Crippen molar-refractivity contribution >= 4 is 0 Å². The number of ether oxygens (including phenoxy) is 1. The van der Waals surface area contributed by atoms with E-state index in [0.717, 1.165) is 31.7 Å². The SMILES string of the molecule is Fc1ccc(O[C@H](c2ccccc2)C2CCNCC2)cc1. The minimum atomic E-state index is -0.236. The summed E-state index contributed by atoms with van der Waals surface area (Å²) in [6, 6.07) is 16.6. The first-order valence-electron chi connectivity index (χ1n) is 7.51. The van der Waals surface area contributed by atoms with E-state index in [1.54, 1.807) is 12.1 Å². The minimum Gasteiger partial charge on any atom is -0.485 e. The fraction of sp³-hybridized carbons (Fsp3) is 0.333. The second kappa shape index (κ2) is 6.72. The maximum atomic E-state index is 13.0. The maximum Gasteiger partial charge on any atom is 0.127 e. The van der Waals surface area contributed by atoms with Crippen molar-refractivity contribution in [2.75, 3.05) is 13.1 Å². The number of piperidine rings is 1. The van der Waals surface area contributed by atoms with Gasteiger partial charge in [0, 0.05) is 5.92 Å². The van der Waals surface area contributed by atoms with Crippen LogP contribution in [-0.2, 0) is 0 Å². The van der Waals surface area contributed by atoms with Gasteiger partial charge in [-0.1, -0.05) is 30.3 Å². The molecule has 0 radical (unpaired) electrons. The minimum absolute atomic E-state index is 0.0266. The molecule has 1 fully saturated rings. The molecule has 0 aliphatic carbocycles. The van der Waals surface area contributed by atoms with Crippen LogP contribution in [0, 0.1) is 11.7 Å². The lowest BCUT2D eigenvalue weighted by Crippen LogP contribution is -2.32. The fourth-order valence-corrected chi connectivity index (χ4v) is 2.89. The van der Waals surface area contributed by atoms with Crippen LogP contribution in [-0.4, -0.2) is 13.1 Å². The van der Waals surface area contributed by atoms with E-state index >= 15 is 0 Å². The van der Waals surface area contributed by atoms with Gasteiger partial charge in [0.2, 0.25) is 0 Å². The first-order chi connectivity index (χ1) is 10.3. The Morgan fingerprint density at radius 1 is 0.952 bits per heavy atom. The number of rotatable bonds is 4. The Bertz CT molecular complexity index is 549. The Morgan fingerprint density at radius 3 is 2.29 bits per heavy atom. The predicted molar refractivity (Wildman–Crippen MR) is 81.8 cm³/mol. The molecule has 1 heterocycles. The highest BCUT2D eigenvalue weighted by atomic mass is 19.1. The molecule has 0 spiro atoms. The van der Waals surface area contributed by atoms with Crippen molar-refractivity contribution in [3.05, 3.63) is 66.0 Å². The van der Waals surface area contributed by atoms with Crippen LogP contribution in [0.2, 0.25) is 0 Å². The zero-order chi connectivity index (χ0) is 14.5. The molecule has 1 aliphatic heterocycles. The van der Waals surface area contributed by atoms with Gasteiger partial charge in [-0.25, -0.2) is 4.39 Å². The van der Waals surface area contributed by atoms with Gasteiger partial charge in [0.15, 0.2) is 0 Å². The van der Waals surface area contributed by atoms with Gasteiger partial charge >= 0.3 is 0 Å². The summed E-state index contributed by atoms with van der Waals surface area (Å²) >= 11 is 0. The van der Waals surface area contributed by atoms with E-state index in [-0.39, 0.29) is 11.9 Å². The third-order valence-corrected chi connectivity index (χ3v) is 4.02. The van der Waals surface area contributed by atoms with E-state index in [1.807, 2.05) is 18.2 Å². The topological polar surface area (TPSA) is 21.3 Å². The van der Waals surface area contributed by atoms with E-state index in [0.29, 0.717) is 5.92 Å². The van der Waals surface area contributed by atoms with Gasteiger partial charge in [-0.15, -0.1) is 0 Å². The van der Waals surface area contributed by atoms with Crippen molar-refractivity contribution in [1.29, 1.82) is 0 Å². The van der Waals surface area contributed by atoms with E-state index in [4.69, 9.17) is 4.74 Å². The highest BCUT2D eigenvalue weighted by molar-refractivity contribution is 5.25. The van der Waals surface area contributed by atoms with Crippen LogP contribution in [0.15, 0.2) is 54.6 Å². The molecule has 2 aromatic rings. The molecule has 2 aromatic carbocycles. The van der Waals surface area contributed by atoms with Crippen LogP contribution in [0.1, 0.15) is 24.5 Å². The molecule has 21 heavy (non-hydrogen) atoms. The lowest BCUT2D eigenvalue weighted by Gasteiger charge is -2.31. The lowest BCUT2D eigenvalue weighted by molar-refractivity contribution is 0.112. The average Bonchev–Trinajstić information content (AvgIpc) is 2.56. The van der Waals surface area contributed by atoms with Gasteiger partial charge in [-0.3, -0.25) is 0 Å². The van der Waals surface area contributed by atoms with Gasteiger partial charge < -0.3 is 10.1 Å². The number of hydrogen-bond donors (Lipinski definition) is 1. The Balaban J connectivity index is 1.83. The van der Waals surface area contributed by atoms with Crippen LogP contribution in [0.25, 0.3) is 0 Å². The summed E-state index contributed by atoms with van der Waals surface area (Å²) in [5.74, 6) is 0.975. The second-order valence-electron chi connectivity index (χ2n) is 5.49. The predicted octanol–water partition coefficient (Wildman–Crippen LogP) is 3.95. The largest absolute Gasteiger partial charge is 0.485 e. The quantitative estimate of drug-likeness (QED) is 0.918. The summed E-state index contributed by atoms with van der Waals surface area (Å²) in [6.45, 7) is 2.06. The van der Waals surface area contributed by atoms with Crippen molar-refractivity contribution in [3.63, 3.8) is 0 Å². The molecule has 3 rings (SSSR count). The zero-order valence-corrected chi connectivity index (χ0v) is 12.0. The van der Waals surface area contributed by atoms with Gasteiger partial charge in [-0.2, -0.15) is 0 Å². The Hall–Kier alpha value is -1.87. The second-order valence-corrected chi connectivity index (χ2v) is 5.49. The number of benzene rings is 2. The Kier molecular flexibility index (Phi) is 4.51. The molecule has 1 saturated heterocycles. The van der Waals surface area contributed by atoms with Gasteiger partial charge in [-0.05, 0) is 55.8 Å². The number of halogens is 1. The van der Waals surface area contributed by atoms with E-state index in [1.165, 1.54) is 17.7 Å². The molecule has 3 heteroatoms. The molecule has 0 unspecified atom stereocenters. The first-order valence-corrected chi connectivity index (χ1v) is 7.51. The molecule has 1 N–H and O–H groups in total. The van der Waals surface area contributed by atoms with E-state index in [9.17, 15) is 4.39 Å². The molecule has 1 aliphatic rings.